The number of nitrogens with one attached hydrogen (secondary N) is 1. The molecule has 1 saturated heterocycles. The summed E-state index contributed by atoms with van der Waals surface area (Å²) in [5.74, 6) is 0.268. The van der Waals surface area contributed by atoms with E-state index in [9.17, 15) is 14.4 Å². The lowest BCUT2D eigenvalue weighted by molar-refractivity contribution is -0.131. The van der Waals surface area contributed by atoms with Gasteiger partial charge in [-0.05, 0) is 31.0 Å². The third-order valence-electron chi connectivity index (χ3n) is 4.61. The molecule has 0 spiro atoms. The first kappa shape index (κ1) is 19.8. The molecule has 142 valence electrons. The molecule has 0 aliphatic carbocycles. The van der Waals surface area contributed by atoms with Crippen LogP contribution in [0.25, 0.3) is 0 Å². The summed E-state index contributed by atoms with van der Waals surface area (Å²) in [6.45, 7) is 3.64. The van der Waals surface area contributed by atoms with Crippen LogP contribution in [0.4, 0.5) is 4.79 Å². The Bertz CT molecular complexity index is 695. The molecule has 1 aliphatic heterocycles. The van der Waals surface area contributed by atoms with Crippen molar-refractivity contribution in [3.8, 4) is 11.5 Å². The lowest BCUT2D eigenvalue weighted by atomic mass is 9.88. The Morgan fingerprint density at radius 3 is 2.23 bits per heavy atom. The molecule has 7 nitrogen and oxygen atoms in total. The van der Waals surface area contributed by atoms with Gasteiger partial charge in [0.15, 0.2) is 17.3 Å². The van der Waals surface area contributed by atoms with Crippen LogP contribution >= 0.6 is 0 Å². The largest absolute Gasteiger partial charge is 0.493 e. The number of ether oxygens (including phenoxy) is 2. The molecule has 1 fully saturated rings. The maximum Gasteiger partial charge on any atom is 0.325 e. The number of carbonyl (C=O) groups excluding carboxylic acids is 3. The fraction of sp³-hybridized carbons (Fsp3) is 0.526. The van der Waals surface area contributed by atoms with Gasteiger partial charge in [0.05, 0.1) is 20.8 Å². The predicted molar refractivity (Wildman–Crippen MR) is 96.7 cm³/mol. The zero-order chi connectivity index (χ0) is 19.3. The highest BCUT2D eigenvalue weighted by Crippen LogP contribution is 2.30. The van der Waals surface area contributed by atoms with E-state index in [1.165, 1.54) is 14.2 Å². The minimum atomic E-state index is -0.890. The lowest BCUT2D eigenvalue weighted by Gasteiger charge is -2.25. The van der Waals surface area contributed by atoms with Crippen LogP contribution in [0.5, 0.6) is 11.5 Å². The predicted octanol–water partition coefficient (Wildman–Crippen LogP) is 2.78. The SMILES string of the molecule is CCCC1(CCC)NC(=O)N(CC(=O)c2ccc(OC)c(OC)c2)C1=O. The molecule has 1 aromatic carbocycles. The van der Waals surface area contributed by atoms with Crippen LogP contribution < -0.4 is 14.8 Å². The molecule has 0 atom stereocenters. The Hall–Kier alpha value is -2.57. The lowest BCUT2D eigenvalue weighted by Crippen LogP contribution is -2.47. The quantitative estimate of drug-likeness (QED) is 0.539. The Kier molecular flexibility index (Phi) is 6.23. The fourth-order valence-electron chi connectivity index (χ4n) is 3.38. The van der Waals surface area contributed by atoms with E-state index >= 15 is 0 Å². The molecule has 1 aliphatic rings. The standard InChI is InChI=1S/C19H26N2O5/c1-5-9-19(10-6-2)17(23)21(18(24)20-19)12-14(22)13-7-8-15(25-3)16(11-13)26-4/h7-8,11H,5-6,9-10,12H2,1-4H3,(H,20,24). The number of urea groups is 1. The first-order chi connectivity index (χ1) is 12.4. The first-order valence-corrected chi connectivity index (χ1v) is 8.81. The summed E-state index contributed by atoms with van der Waals surface area (Å²) in [7, 11) is 2.99. The van der Waals surface area contributed by atoms with E-state index in [-0.39, 0.29) is 18.2 Å². The van der Waals surface area contributed by atoms with Crippen molar-refractivity contribution in [1.82, 2.24) is 10.2 Å². The van der Waals surface area contributed by atoms with Gasteiger partial charge in [0.25, 0.3) is 5.91 Å². The van der Waals surface area contributed by atoms with E-state index in [1.54, 1.807) is 18.2 Å². The summed E-state index contributed by atoms with van der Waals surface area (Å²) in [5.41, 5.74) is -0.537. The summed E-state index contributed by atoms with van der Waals surface area (Å²) in [6.07, 6.45) is 2.66. The van der Waals surface area contributed by atoms with Crippen LogP contribution in [0.15, 0.2) is 18.2 Å². The molecule has 0 radical (unpaired) electrons. The second kappa shape index (κ2) is 8.21. The van der Waals surface area contributed by atoms with Crippen molar-refractivity contribution in [2.45, 2.75) is 45.1 Å². The van der Waals surface area contributed by atoms with Crippen molar-refractivity contribution < 1.29 is 23.9 Å². The maximum absolute atomic E-state index is 12.9. The van der Waals surface area contributed by atoms with E-state index in [0.29, 0.717) is 29.9 Å². The van der Waals surface area contributed by atoms with Crippen LogP contribution in [-0.2, 0) is 4.79 Å². The molecule has 7 heteroatoms. The molecule has 0 aromatic heterocycles. The fourth-order valence-corrected chi connectivity index (χ4v) is 3.38. The zero-order valence-electron chi connectivity index (χ0n) is 15.8. The molecule has 1 aromatic rings. The number of Topliss-reactive ketones (excluding diaryl/α,β-unsaturated/α-hetero) is 1. The number of hydrogen-bond acceptors (Lipinski definition) is 5. The van der Waals surface area contributed by atoms with Gasteiger partial charge >= 0.3 is 6.03 Å². The summed E-state index contributed by atoms with van der Waals surface area (Å²) in [5, 5.41) is 2.81. The normalized spacial score (nSPS) is 15.8. The number of methoxy groups -OCH3 is 2. The number of ketones is 1. The molecule has 0 bridgehead atoms. The summed E-state index contributed by atoms with van der Waals surface area (Å²) in [4.78, 5) is 38.8. The summed E-state index contributed by atoms with van der Waals surface area (Å²) in [6, 6.07) is 4.25. The van der Waals surface area contributed by atoms with Gasteiger partial charge in [0, 0.05) is 5.56 Å². The van der Waals surface area contributed by atoms with E-state index in [2.05, 4.69) is 5.32 Å². The zero-order valence-corrected chi connectivity index (χ0v) is 15.8. The molecule has 1 N–H and O–H groups in total. The highest BCUT2D eigenvalue weighted by atomic mass is 16.5. The molecule has 0 saturated carbocycles. The number of nitrogens with zero attached hydrogens (tertiary/aromatic N) is 1. The van der Waals surface area contributed by atoms with Gasteiger partial charge in [-0.2, -0.15) is 0 Å². The van der Waals surface area contributed by atoms with Gasteiger partial charge in [-0.25, -0.2) is 4.79 Å². The van der Waals surface area contributed by atoms with Gasteiger partial charge < -0.3 is 14.8 Å². The number of hydrogen-bond donors (Lipinski definition) is 1. The Morgan fingerprint density at radius 1 is 1.08 bits per heavy atom. The second-order valence-electron chi connectivity index (χ2n) is 6.40. The van der Waals surface area contributed by atoms with Gasteiger partial charge in [-0.3, -0.25) is 14.5 Å². The minimum absolute atomic E-state index is 0.296. The molecular weight excluding hydrogens is 336 g/mol. The molecule has 1 heterocycles. The summed E-state index contributed by atoms with van der Waals surface area (Å²) < 4.78 is 10.4. The third-order valence-corrected chi connectivity index (χ3v) is 4.61. The van der Waals surface area contributed by atoms with Crippen LogP contribution in [0.1, 0.15) is 49.9 Å². The van der Waals surface area contributed by atoms with Gasteiger partial charge in [0.1, 0.15) is 5.54 Å². The van der Waals surface area contributed by atoms with Crippen LogP contribution in [-0.4, -0.2) is 48.9 Å². The van der Waals surface area contributed by atoms with Gasteiger partial charge in [-0.15, -0.1) is 0 Å². The van der Waals surface area contributed by atoms with E-state index in [0.717, 1.165) is 17.7 Å². The van der Waals surface area contributed by atoms with Crippen molar-refractivity contribution in [2.75, 3.05) is 20.8 Å². The number of carbonyl (C=O) groups is 3. The Balaban J connectivity index is 2.21. The van der Waals surface area contributed by atoms with Crippen LogP contribution in [0, 0.1) is 0 Å². The highest BCUT2D eigenvalue weighted by Gasteiger charge is 2.50. The van der Waals surface area contributed by atoms with E-state index < -0.39 is 11.6 Å². The van der Waals surface area contributed by atoms with Crippen molar-refractivity contribution in [2.24, 2.45) is 0 Å². The number of imide groups is 1. The van der Waals surface area contributed by atoms with Gasteiger partial charge in [-0.1, -0.05) is 26.7 Å². The molecule has 3 amide bonds. The average Bonchev–Trinajstić information content (AvgIpc) is 2.85. The van der Waals surface area contributed by atoms with Crippen molar-refractivity contribution in [3.05, 3.63) is 23.8 Å². The number of rotatable bonds is 9. The van der Waals surface area contributed by atoms with Crippen molar-refractivity contribution in [1.29, 1.82) is 0 Å². The topological polar surface area (TPSA) is 84.9 Å². The van der Waals surface area contributed by atoms with Crippen molar-refractivity contribution >= 4 is 17.7 Å². The van der Waals surface area contributed by atoms with E-state index in [1.807, 2.05) is 13.8 Å². The summed E-state index contributed by atoms with van der Waals surface area (Å²) >= 11 is 0. The first-order valence-electron chi connectivity index (χ1n) is 8.81. The monoisotopic (exact) mass is 362 g/mol. The van der Waals surface area contributed by atoms with Gasteiger partial charge in [0.2, 0.25) is 0 Å². The van der Waals surface area contributed by atoms with E-state index in [4.69, 9.17) is 9.47 Å². The van der Waals surface area contributed by atoms with Crippen LogP contribution in [0.3, 0.4) is 0 Å². The van der Waals surface area contributed by atoms with Crippen LogP contribution in [0.2, 0.25) is 0 Å². The van der Waals surface area contributed by atoms with Crippen molar-refractivity contribution in [3.63, 3.8) is 0 Å². The Morgan fingerprint density at radius 2 is 1.69 bits per heavy atom. The highest BCUT2D eigenvalue weighted by molar-refractivity contribution is 6.11. The number of benzene rings is 1. The number of amides is 3. The third kappa shape index (κ3) is 3.66. The minimum Gasteiger partial charge on any atom is -0.493 e. The Labute approximate surface area is 153 Å². The molecular formula is C19H26N2O5. The smallest absolute Gasteiger partial charge is 0.325 e. The maximum atomic E-state index is 12.9. The molecule has 0 unspecified atom stereocenters. The average molecular weight is 362 g/mol. The molecule has 2 rings (SSSR count). The second-order valence-corrected chi connectivity index (χ2v) is 6.40. The molecule has 26 heavy (non-hydrogen) atoms.